The van der Waals surface area contributed by atoms with Crippen molar-refractivity contribution in [3.63, 3.8) is 0 Å². The quantitative estimate of drug-likeness (QED) is 0.705. The van der Waals surface area contributed by atoms with Gasteiger partial charge in [-0.2, -0.15) is 0 Å². The Labute approximate surface area is 169 Å². The highest BCUT2D eigenvalue weighted by molar-refractivity contribution is 7.89. The van der Waals surface area contributed by atoms with Crippen LogP contribution in [0.5, 0.6) is 0 Å². The molecule has 0 radical (unpaired) electrons. The van der Waals surface area contributed by atoms with Crippen molar-refractivity contribution in [1.82, 2.24) is 9.62 Å². The summed E-state index contributed by atoms with van der Waals surface area (Å²) in [6, 6.07) is 11.2. The molecule has 1 N–H and O–H groups in total. The molecule has 0 heterocycles. The SMILES string of the molecule is CC(NC(=O)/C=C/c1ccc(Cl)c(Cl)c1)c1ccc(S(=O)(=O)N(C)C)cc1. The second-order valence-corrected chi connectivity index (χ2v) is 9.06. The summed E-state index contributed by atoms with van der Waals surface area (Å²) in [7, 11) is -0.517. The van der Waals surface area contributed by atoms with Crippen LogP contribution in [0.15, 0.2) is 53.4 Å². The van der Waals surface area contributed by atoms with Crippen LogP contribution in [0.2, 0.25) is 10.0 Å². The van der Waals surface area contributed by atoms with Gasteiger partial charge in [0.2, 0.25) is 15.9 Å². The fourth-order valence-electron chi connectivity index (χ4n) is 2.27. The van der Waals surface area contributed by atoms with E-state index in [1.54, 1.807) is 36.4 Å². The van der Waals surface area contributed by atoms with E-state index in [0.717, 1.165) is 15.4 Å². The van der Waals surface area contributed by atoms with E-state index in [1.165, 1.54) is 32.3 Å². The molecule has 2 rings (SSSR count). The van der Waals surface area contributed by atoms with Crippen LogP contribution in [-0.2, 0) is 14.8 Å². The van der Waals surface area contributed by atoms with Crippen LogP contribution < -0.4 is 5.32 Å². The fraction of sp³-hybridized carbons (Fsp3) is 0.211. The van der Waals surface area contributed by atoms with Crippen LogP contribution in [0.25, 0.3) is 6.08 Å². The molecule has 1 atom stereocenters. The van der Waals surface area contributed by atoms with Crippen molar-refractivity contribution in [3.05, 3.63) is 69.7 Å². The highest BCUT2D eigenvalue weighted by Crippen LogP contribution is 2.23. The van der Waals surface area contributed by atoms with Crippen molar-refractivity contribution in [1.29, 1.82) is 0 Å². The number of nitrogens with zero attached hydrogens (tertiary/aromatic N) is 1. The minimum absolute atomic E-state index is 0.203. The monoisotopic (exact) mass is 426 g/mol. The molecule has 0 aliphatic heterocycles. The number of hydrogen-bond donors (Lipinski definition) is 1. The smallest absolute Gasteiger partial charge is 0.244 e. The van der Waals surface area contributed by atoms with Crippen molar-refractivity contribution in [2.45, 2.75) is 17.9 Å². The molecule has 27 heavy (non-hydrogen) atoms. The molecule has 0 saturated heterocycles. The molecule has 5 nitrogen and oxygen atoms in total. The number of carbonyl (C=O) groups is 1. The Hall–Kier alpha value is -1.86. The Morgan fingerprint density at radius 3 is 2.26 bits per heavy atom. The van der Waals surface area contributed by atoms with Crippen LogP contribution in [-0.4, -0.2) is 32.7 Å². The number of sulfonamides is 1. The molecule has 2 aromatic carbocycles. The van der Waals surface area contributed by atoms with Crippen molar-refractivity contribution in [2.24, 2.45) is 0 Å². The van der Waals surface area contributed by atoms with Crippen LogP contribution in [0, 0.1) is 0 Å². The molecule has 0 saturated carbocycles. The topological polar surface area (TPSA) is 66.5 Å². The summed E-state index contributed by atoms with van der Waals surface area (Å²) in [6.45, 7) is 1.82. The maximum atomic E-state index is 12.1. The first-order valence-electron chi connectivity index (χ1n) is 8.07. The number of amides is 1. The maximum absolute atomic E-state index is 12.1. The summed E-state index contributed by atoms with van der Waals surface area (Å²) >= 11 is 11.8. The lowest BCUT2D eigenvalue weighted by molar-refractivity contribution is -0.117. The molecule has 144 valence electrons. The third-order valence-electron chi connectivity index (χ3n) is 3.89. The zero-order valence-electron chi connectivity index (χ0n) is 15.1. The predicted octanol–water partition coefficient (Wildman–Crippen LogP) is 4.13. The Morgan fingerprint density at radius 1 is 1.07 bits per heavy atom. The second kappa shape index (κ2) is 8.89. The van der Waals surface area contributed by atoms with Gasteiger partial charge >= 0.3 is 0 Å². The van der Waals surface area contributed by atoms with Gasteiger partial charge in [0, 0.05) is 20.2 Å². The summed E-state index contributed by atoms with van der Waals surface area (Å²) in [6.07, 6.45) is 3.04. The zero-order valence-corrected chi connectivity index (χ0v) is 17.4. The number of nitrogens with one attached hydrogen (secondary N) is 1. The van der Waals surface area contributed by atoms with Gasteiger partial charge in [-0.25, -0.2) is 12.7 Å². The maximum Gasteiger partial charge on any atom is 0.244 e. The molecule has 0 spiro atoms. The van der Waals surface area contributed by atoms with Gasteiger partial charge in [0.1, 0.15) is 0 Å². The molecular formula is C19H20Cl2N2O3S. The lowest BCUT2D eigenvalue weighted by Crippen LogP contribution is -2.25. The molecular weight excluding hydrogens is 407 g/mol. The zero-order chi connectivity index (χ0) is 20.2. The summed E-state index contributed by atoms with van der Waals surface area (Å²) in [4.78, 5) is 12.3. The lowest BCUT2D eigenvalue weighted by atomic mass is 10.1. The van der Waals surface area contributed by atoms with Gasteiger partial charge in [-0.15, -0.1) is 0 Å². The minimum Gasteiger partial charge on any atom is -0.346 e. The molecule has 0 aliphatic carbocycles. The average Bonchev–Trinajstić information content (AvgIpc) is 2.62. The van der Waals surface area contributed by atoms with Crippen LogP contribution in [0.1, 0.15) is 24.1 Å². The van der Waals surface area contributed by atoms with Gasteiger partial charge in [0.25, 0.3) is 0 Å². The highest BCUT2D eigenvalue weighted by atomic mass is 35.5. The lowest BCUT2D eigenvalue weighted by Gasteiger charge is -2.15. The highest BCUT2D eigenvalue weighted by Gasteiger charge is 2.17. The predicted molar refractivity (Wildman–Crippen MR) is 109 cm³/mol. The van der Waals surface area contributed by atoms with E-state index in [1.807, 2.05) is 6.92 Å². The van der Waals surface area contributed by atoms with E-state index in [2.05, 4.69) is 5.32 Å². The number of hydrogen-bond acceptors (Lipinski definition) is 3. The standard InChI is InChI=1S/C19H20Cl2N2O3S/c1-13(15-6-8-16(9-7-15)27(25,26)23(2)3)22-19(24)11-5-14-4-10-17(20)18(21)12-14/h4-13H,1-3H3,(H,22,24)/b11-5+. The van der Waals surface area contributed by atoms with E-state index in [0.29, 0.717) is 10.0 Å². The summed E-state index contributed by atoms with van der Waals surface area (Å²) in [5.74, 6) is -0.279. The third kappa shape index (κ3) is 5.56. The molecule has 0 fully saturated rings. The molecule has 8 heteroatoms. The third-order valence-corrected chi connectivity index (χ3v) is 6.46. The number of carbonyl (C=O) groups excluding carboxylic acids is 1. The Morgan fingerprint density at radius 2 is 1.70 bits per heavy atom. The molecule has 1 unspecified atom stereocenters. The molecule has 0 aromatic heterocycles. The molecule has 0 bridgehead atoms. The molecule has 2 aromatic rings. The van der Waals surface area contributed by atoms with Crippen molar-refractivity contribution in [3.8, 4) is 0 Å². The van der Waals surface area contributed by atoms with E-state index in [9.17, 15) is 13.2 Å². The Bertz CT molecular complexity index is 955. The largest absolute Gasteiger partial charge is 0.346 e. The van der Waals surface area contributed by atoms with Gasteiger partial charge in [-0.3, -0.25) is 4.79 Å². The molecule has 1 amide bonds. The fourth-order valence-corrected chi connectivity index (χ4v) is 3.48. The summed E-state index contributed by atoms with van der Waals surface area (Å²) < 4.78 is 25.3. The van der Waals surface area contributed by atoms with Crippen molar-refractivity contribution < 1.29 is 13.2 Å². The first-order chi connectivity index (χ1) is 12.6. The summed E-state index contributed by atoms with van der Waals surface area (Å²) in [5, 5.41) is 3.70. The normalized spacial score (nSPS) is 13.1. The Balaban J connectivity index is 2.03. The van der Waals surface area contributed by atoms with Crippen LogP contribution in [0.3, 0.4) is 0 Å². The van der Waals surface area contributed by atoms with Gasteiger partial charge in [-0.05, 0) is 48.4 Å². The first-order valence-corrected chi connectivity index (χ1v) is 10.3. The molecule has 0 aliphatic rings. The van der Waals surface area contributed by atoms with E-state index in [-0.39, 0.29) is 16.8 Å². The van der Waals surface area contributed by atoms with Gasteiger partial charge in [-0.1, -0.05) is 41.4 Å². The first kappa shape index (κ1) is 21.4. The minimum atomic E-state index is -3.47. The van der Waals surface area contributed by atoms with Crippen LogP contribution >= 0.6 is 23.2 Å². The number of rotatable bonds is 6. The van der Waals surface area contributed by atoms with Crippen molar-refractivity contribution >= 4 is 45.2 Å². The van der Waals surface area contributed by atoms with Gasteiger partial charge < -0.3 is 5.32 Å². The van der Waals surface area contributed by atoms with Gasteiger partial charge in [0.05, 0.1) is 21.0 Å². The van der Waals surface area contributed by atoms with Crippen molar-refractivity contribution in [2.75, 3.05) is 14.1 Å². The Kier molecular flexibility index (Phi) is 7.06. The van der Waals surface area contributed by atoms with Gasteiger partial charge in [0.15, 0.2) is 0 Å². The van der Waals surface area contributed by atoms with E-state index in [4.69, 9.17) is 23.2 Å². The van der Waals surface area contributed by atoms with E-state index < -0.39 is 10.0 Å². The number of halogens is 2. The summed E-state index contributed by atoms with van der Waals surface area (Å²) in [5.41, 5.74) is 1.55. The second-order valence-electron chi connectivity index (χ2n) is 6.09. The van der Waals surface area contributed by atoms with Crippen LogP contribution in [0.4, 0.5) is 0 Å². The van der Waals surface area contributed by atoms with E-state index >= 15 is 0 Å². The number of benzene rings is 2. The average molecular weight is 427 g/mol.